The van der Waals surface area contributed by atoms with Crippen LogP contribution in [-0.2, 0) is 0 Å². The minimum absolute atomic E-state index is 0.994. The largest absolute Gasteiger partial charge is 0.310 e. The van der Waals surface area contributed by atoms with Crippen molar-refractivity contribution in [2.75, 3.05) is 4.90 Å². The molecule has 0 N–H and O–H groups in total. The Morgan fingerprint density at radius 2 is 0.922 bits per heavy atom. The van der Waals surface area contributed by atoms with Gasteiger partial charge in [0.05, 0.1) is 5.69 Å². The maximum Gasteiger partial charge on any atom is 0.0716 e. The molecule has 0 aliphatic rings. The molecule has 0 spiro atoms. The van der Waals surface area contributed by atoms with E-state index in [1.165, 1.54) is 57.0 Å². The van der Waals surface area contributed by atoms with Crippen LogP contribution >= 0.6 is 22.7 Å². The highest BCUT2D eigenvalue weighted by Crippen LogP contribution is 2.42. The second-order valence-electron chi connectivity index (χ2n) is 12.8. The Morgan fingerprint density at radius 1 is 0.373 bits per heavy atom. The third kappa shape index (κ3) is 5.28. The highest BCUT2D eigenvalue weighted by molar-refractivity contribution is 7.26. The van der Waals surface area contributed by atoms with Crippen LogP contribution in [0.3, 0.4) is 0 Å². The van der Waals surface area contributed by atoms with Gasteiger partial charge in [0.2, 0.25) is 0 Å². The molecule has 0 aliphatic heterocycles. The van der Waals surface area contributed by atoms with Crippen LogP contribution in [0.2, 0.25) is 0 Å². The van der Waals surface area contributed by atoms with E-state index in [1.54, 1.807) is 0 Å². The van der Waals surface area contributed by atoms with Crippen molar-refractivity contribution >= 4 is 80.1 Å². The summed E-state index contributed by atoms with van der Waals surface area (Å²) < 4.78 is 5.21. The third-order valence-corrected chi connectivity index (χ3v) is 12.1. The van der Waals surface area contributed by atoms with Crippen LogP contribution in [0, 0.1) is 0 Å². The predicted octanol–water partition coefficient (Wildman–Crippen LogP) is 14.3. The van der Waals surface area contributed by atoms with Crippen LogP contribution < -0.4 is 4.90 Å². The second-order valence-corrected chi connectivity index (χ2v) is 14.9. The summed E-state index contributed by atoms with van der Waals surface area (Å²) in [6.45, 7) is 0. The lowest BCUT2D eigenvalue weighted by Crippen LogP contribution is -2.09. The highest BCUT2D eigenvalue weighted by Gasteiger charge is 2.16. The Balaban J connectivity index is 1.01. The molecule has 51 heavy (non-hydrogen) atoms. The molecule has 0 saturated heterocycles. The van der Waals surface area contributed by atoms with Gasteiger partial charge in [-0.3, -0.25) is 4.98 Å². The summed E-state index contributed by atoms with van der Waals surface area (Å²) in [6, 6.07) is 63.4. The van der Waals surface area contributed by atoms with Crippen LogP contribution in [0.1, 0.15) is 0 Å². The lowest BCUT2D eigenvalue weighted by molar-refractivity contribution is 1.29. The standard InChI is InChI=1S/C47H30N2S2/c1-2-9-31(10-3-1)32-17-22-35(23-18-32)49(37-26-28-46-42(29-37)39-12-5-6-15-44(39)50-46)36-24-19-33(20-25-36)34-21-27-43(48-30-34)41-14-8-13-40-38-11-4-7-16-45(38)51-47(40)41/h1-30H. The van der Waals surface area contributed by atoms with E-state index >= 15 is 0 Å². The summed E-state index contributed by atoms with van der Waals surface area (Å²) in [6.07, 6.45) is 2.01. The van der Waals surface area contributed by atoms with Gasteiger partial charge in [-0.25, -0.2) is 0 Å². The van der Waals surface area contributed by atoms with Crippen molar-refractivity contribution in [1.82, 2.24) is 4.98 Å². The van der Waals surface area contributed by atoms with Gasteiger partial charge in [0.1, 0.15) is 0 Å². The fraction of sp³-hybridized carbons (Fsp3) is 0. The Bertz CT molecular complexity index is 2830. The molecular formula is C47H30N2S2. The van der Waals surface area contributed by atoms with Gasteiger partial charge in [-0.2, -0.15) is 0 Å². The zero-order valence-corrected chi connectivity index (χ0v) is 29.2. The molecule has 0 radical (unpaired) electrons. The number of hydrogen-bond acceptors (Lipinski definition) is 4. The number of fused-ring (bicyclic) bond motifs is 6. The number of thiophene rings is 2. The fourth-order valence-electron chi connectivity index (χ4n) is 7.21. The van der Waals surface area contributed by atoms with Crippen LogP contribution in [0.15, 0.2) is 182 Å². The van der Waals surface area contributed by atoms with Gasteiger partial charge >= 0.3 is 0 Å². The first kappa shape index (κ1) is 29.8. The van der Waals surface area contributed by atoms with Crippen molar-refractivity contribution < 1.29 is 0 Å². The van der Waals surface area contributed by atoms with E-state index in [9.17, 15) is 0 Å². The molecule has 0 fully saturated rings. The SMILES string of the molecule is c1ccc(-c2ccc(N(c3ccc(-c4ccc(-c5cccc6c5sc5ccccc56)nc4)cc3)c3ccc4sc5ccccc5c4c3)cc2)cc1. The molecule has 0 amide bonds. The molecule has 10 aromatic rings. The molecule has 0 unspecified atom stereocenters. The summed E-state index contributed by atoms with van der Waals surface area (Å²) in [4.78, 5) is 7.34. The van der Waals surface area contributed by atoms with Gasteiger partial charge in [0.15, 0.2) is 0 Å². The topological polar surface area (TPSA) is 16.1 Å². The summed E-state index contributed by atoms with van der Waals surface area (Å²) >= 11 is 3.69. The third-order valence-electron chi connectivity index (χ3n) is 9.75. The van der Waals surface area contributed by atoms with E-state index in [4.69, 9.17) is 4.98 Å². The molecular weight excluding hydrogens is 657 g/mol. The van der Waals surface area contributed by atoms with Crippen molar-refractivity contribution in [3.05, 3.63) is 182 Å². The average molecular weight is 687 g/mol. The molecule has 3 aromatic heterocycles. The predicted molar refractivity (Wildman–Crippen MR) is 221 cm³/mol. The highest BCUT2D eigenvalue weighted by atomic mass is 32.1. The van der Waals surface area contributed by atoms with Gasteiger partial charge < -0.3 is 4.90 Å². The first-order valence-corrected chi connectivity index (χ1v) is 18.7. The summed E-state index contributed by atoms with van der Waals surface area (Å²) in [5.41, 5.74) is 10.2. The lowest BCUT2D eigenvalue weighted by Gasteiger charge is -2.26. The molecule has 4 heteroatoms. The monoisotopic (exact) mass is 686 g/mol. The van der Waals surface area contributed by atoms with Gasteiger partial charge in [0.25, 0.3) is 0 Å². The number of pyridine rings is 1. The fourth-order valence-corrected chi connectivity index (χ4v) is 9.52. The van der Waals surface area contributed by atoms with E-state index in [-0.39, 0.29) is 0 Å². The van der Waals surface area contributed by atoms with Gasteiger partial charge in [-0.15, -0.1) is 22.7 Å². The molecule has 3 heterocycles. The lowest BCUT2D eigenvalue weighted by atomic mass is 10.0. The number of benzene rings is 7. The quantitative estimate of drug-likeness (QED) is 0.173. The smallest absolute Gasteiger partial charge is 0.0716 e. The number of rotatable bonds is 6. The minimum Gasteiger partial charge on any atom is -0.310 e. The van der Waals surface area contributed by atoms with Crippen molar-refractivity contribution in [3.63, 3.8) is 0 Å². The summed E-state index contributed by atoms with van der Waals surface area (Å²) in [5.74, 6) is 0. The molecule has 7 aromatic carbocycles. The van der Waals surface area contributed by atoms with Crippen molar-refractivity contribution in [1.29, 1.82) is 0 Å². The molecule has 0 saturated carbocycles. The Hall–Kier alpha value is -6.07. The number of nitrogens with zero attached hydrogens (tertiary/aromatic N) is 2. The molecule has 0 aliphatic carbocycles. The van der Waals surface area contributed by atoms with Crippen molar-refractivity contribution in [2.45, 2.75) is 0 Å². The van der Waals surface area contributed by atoms with E-state index < -0.39 is 0 Å². The van der Waals surface area contributed by atoms with E-state index in [0.29, 0.717) is 0 Å². The van der Waals surface area contributed by atoms with E-state index in [0.717, 1.165) is 33.9 Å². The number of hydrogen-bond donors (Lipinski definition) is 0. The maximum absolute atomic E-state index is 4.98. The van der Waals surface area contributed by atoms with Crippen LogP contribution in [-0.4, -0.2) is 4.98 Å². The maximum atomic E-state index is 4.98. The van der Waals surface area contributed by atoms with E-state index in [1.807, 2.05) is 28.9 Å². The second kappa shape index (κ2) is 12.4. The molecule has 2 nitrogen and oxygen atoms in total. The zero-order valence-electron chi connectivity index (χ0n) is 27.5. The van der Waals surface area contributed by atoms with Crippen molar-refractivity contribution in [2.24, 2.45) is 0 Å². The number of aromatic nitrogens is 1. The molecule has 0 bridgehead atoms. The van der Waals surface area contributed by atoms with Gasteiger partial charge in [-0.05, 0) is 77.4 Å². The average Bonchev–Trinajstić information content (AvgIpc) is 3.77. The van der Waals surface area contributed by atoms with Crippen LogP contribution in [0.5, 0.6) is 0 Å². The Kier molecular flexibility index (Phi) is 7.23. The molecule has 0 atom stereocenters. The number of anilines is 3. The molecule has 10 rings (SSSR count). The first-order chi connectivity index (χ1) is 25.3. The summed E-state index contributed by atoms with van der Waals surface area (Å²) in [5, 5.41) is 5.18. The summed E-state index contributed by atoms with van der Waals surface area (Å²) in [7, 11) is 0. The van der Waals surface area contributed by atoms with Crippen LogP contribution in [0.4, 0.5) is 17.1 Å². The molecule has 240 valence electrons. The van der Waals surface area contributed by atoms with Gasteiger partial charge in [0, 0.05) is 74.7 Å². The van der Waals surface area contributed by atoms with Crippen LogP contribution in [0.25, 0.3) is 73.9 Å². The minimum atomic E-state index is 0.994. The Labute approximate surface area is 304 Å². The zero-order chi connectivity index (χ0) is 33.7. The van der Waals surface area contributed by atoms with E-state index in [2.05, 4.69) is 181 Å². The van der Waals surface area contributed by atoms with Gasteiger partial charge in [-0.1, -0.05) is 115 Å². The van der Waals surface area contributed by atoms with Crippen molar-refractivity contribution in [3.8, 4) is 33.5 Å². The first-order valence-electron chi connectivity index (χ1n) is 17.1. The normalized spacial score (nSPS) is 11.5. The Morgan fingerprint density at radius 3 is 1.63 bits per heavy atom.